The predicted molar refractivity (Wildman–Crippen MR) is 90.1 cm³/mol. The largest absolute Gasteiger partial charge is 0.497 e. The molecular weight excluding hydrogens is 262 g/mol. The molecule has 0 saturated carbocycles. The second kappa shape index (κ2) is 9.77. The summed E-state index contributed by atoms with van der Waals surface area (Å²) in [6.45, 7) is 9.73. The van der Waals surface area contributed by atoms with Gasteiger partial charge in [0.15, 0.2) is 0 Å². The first-order valence-corrected chi connectivity index (χ1v) is 7.85. The molecule has 0 saturated heterocycles. The van der Waals surface area contributed by atoms with Gasteiger partial charge in [-0.1, -0.05) is 26.0 Å². The zero-order chi connectivity index (χ0) is 15.7. The summed E-state index contributed by atoms with van der Waals surface area (Å²) in [6.07, 6.45) is 0. The lowest BCUT2D eigenvalue weighted by atomic mass is 10.1. The number of ether oxygens (including phenoxy) is 1. The highest BCUT2D eigenvalue weighted by Gasteiger charge is 2.14. The van der Waals surface area contributed by atoms with Crippen LogP contribution < -0.4 is 10.1 Å². The Morgan fingerprint density at radius 3 is 2.48 bits per heavy atom. The molecule has 0 fully saturated rings. The molecule has 0 spiro atoms. The van der Waals surface area contributed by atoms with E-state index in [1.165, 1.54) is 5.56 Å². The third-order valence-electron chi connectivity index (χ3n) is 3.94. The van der Waals surface area contributed by atoms with E-state index in [4.69, 9.17) is 4.74 Å². The van der Waals surface area contributed by atoms with Gasteiger partial charge in [-0.2, -0.15) is 0 Å². The Morgan fingerprint density at radius 2 is 1.90 bits per heavy atom. The van der Waals surface area contributed by atoms with Crippen LogP contribution in [0.4, 0.5) is 0 Å². The summed E-state index contributed by atoms with van der Waals surface area (Å²) in [4.78, 5) is 4.68. The number of rotatable bonds is 10. The Labute approximate surface area is 130 Å². The van der Waals surface area contributed by atoms with Crippen LogP contribution in [0.15, 0.2) is 24.3 Å². The third kappa shape index (κ3) is 6.04. The van der Waals surface area contributed by atoms with Gasteiger partial charge in [0.05, 0.1) is 7.11 Å². The SMILES string of the molecule is CCN(CC)CCNCC(c1cccc(OC)c1)N(C)C. The van der Waals surface area contributed by atoms with E-state index in [9.17, 15) is 0 Å². The van der Waals surface area contributed by atoms with Crippen molar-refractivity contribution < 1.29 is 4.74 Å². The number of likely N-dealkylation sites (N-methyl/N-ethyl adjacent to an activating group) is 2. The van der Waals surface area contributed by atoms with Gasteiger partial charge in [-0.3, -0.25) is 0 Å². The highest BCUT2D eigenvalue weighted by Crippen LogP contribution is 2.21. The fraction of sp³-hybridized carbons (Fsp3) is 0.647. The molecule has 1 N–H and O–H groups in total. The van der Waals surface area contributed by atoms with Gasteiger partial charge in [0.2, 0.25) is 0 Å². The summed E-state index contributed by atoms with van der Waals surface area (Å²) in [7, 11) is 5.96. The lowest BCUT2D eigenvalue weighted by Crippen LogP contribution is -2.36. The molecule has 0 radical (unpaired) electrons. The molecule has 0 heterocycles. The van der Waals surface area contributed by atoms with E-state index in [1.54, 1.807) is 7.11 Å². The molecule has 4 heteroatoms. The van der Waals surface area contributed by atoms with Crippen LogP contribution in [0.5, 0.6) is 5.75 Å². The average Bonchev–Trinajstić information content (AvgIpc) is 2.50. The van der Waals surface area contributed by atoms with Crippen LogP contribution in [0, 0.1) is 0 Å². The van der Waals surface area contributed by atoms with E-state index in [0.29, 0.717) is 6.04 Å². The van der Waals surface area contributed by atoms with Crippen molar-refractivity contribution in [2.75, 3.05) is 53.9 Å². The molecule has 1 atom stereocenters. The Hall–Kier alpha value is -1.10. The molecule has 0 amide bonds. The van der Waals surface area contributed by atoms with E-state index >= 15 is 0 Å². The molecule has 0 aromatic heterocycles. The minimum absolute atomic E-state index is 0.358. The summed E-state index contributed by atoms with van der Waals surface area (Å²) in [5, 5.41) is 3.58. The number of methoxy groups -OCH3 is 1. The van der Waals surface area contributed by atoms with Gasteiger partial charge >= 0.3 is 0 Å². The molecule has 120 valence electrons. The quantitative estimate of drug-likeness (QED) is 0.670. The topological polar surface area (TPSA) is 27.7 Å². The second-order valence-electron chi connectivity index (χ2n) is 5.49. The predicted octanol–water partition coefficient (Wildman–Crippen LogP) is 2.23. The molecule has 1 rings (SSSR count). The van der Waals surface area contributed by atoms with Crippen molar-refractivity contribution in [3.8, 4) is 5.75 Å². The van der Waals surface area contributed by atoms with Crippen LogP contribution in [0.1, 0.15) is 25.5 Å². The molecule has 21 heavy (non-hydrogen) atoms. The maximum atomic E-state index is 5.33. The van der Waals surface area contributed by atoms with Crippen LogP contribution >= 0.6 is 0 Å². The fourth-order valence-electron chi connectivity index (χ4n) is 2.46. The van der Waals surface area contributed by atoms with Gasteiger partial charge < -0.3 is 19.9 Å². The first-order chi connectivity index (χ1) is 10.1. The first kappa shape index (κ1) is 18.0. The normalized spacial score (nSPS) is 12.9. The van der Waals surface area contributed by atoms with Crippen molar-refractivity contribution in [1.29, 1.82) is 0 Å². The van der Waals surface area contributed by atoms with Crippen molar-refractivity contribution in [3.63, 3.8) is 0 Å². The highest BCUT2D eigenvalue weighted by molar-refractivity contribution is 5.30. The van der Waals surface area contributed by atoms with Crippen molar-refractivity contribution in [3.05, 3.63) is 29.8 Å². The van der Waals surface area contributed by atoms with Gasteiger partial charge in [-0.25, -0.2) is 0 Å². The Bertz CT molecular complexity index is 391. The molecule has 0 aliphatic heterocycles. The lowest BCUT2D eigenvalue weighted by molar-refractivity contribution is 0.270. The van der Waals surface area contributed by atoms with Gasteiger partial charge in [-0.15, -0.1) is 0 Å². The van der Waals surface area contributed by atoms with Crippen LogP contribution in [0.25, 0.3) is 0 Å². The minimum Gasteiger partial charge on any atom is -0.497 e. The molecule has 1 aromatic carbocycles. The molecule has 4 nitrogen and oxygen atoms in total. The van der Waals surface area contributed by atoms with E-state index < -0.39 is 0 Å². The number of hydrogen-bond acceptors (Lipinski definition) is 4. The summed E-state index contributed by atoms with van der Waals surface area (Å²) in [5.41, 5.74) is 1.29. The van der Waals surface area contributed by atoms with Crippen LogP contribution in [-0.4, -0.2) is 63.7 Å². The Kier molecular flexibility index (Phi) is 8.35. The summed E-state index contributed by atoms with van der Waals surface area (Å²) in [6, 6.07) is 8.69. The smallest absolute Gasteiger partial charge is 0.119 e. The van der Waals surface area contributed by atoms with E-state index in [2.05, 4.69) is 61.3 Å². The van der Waals surface area contributed by atoms with Crippen LogP contribution in [0.2, 0.25) is 0 Å². The minimum atomic E-state index is 0.358. The van der Waals surface area contributed by atoms with Gasteiger partial charge in [-0.05, 0) is 44.9 Å². The van der Waals surface area contributed by atoms with Gasteiger partial charge in [0.1, 0.15) is 5.75 Å². The summed E-state index contributed by atoms with van der Waals surface area (Å²) in [5.74, 6) is 0.919. The number of benzene rings is 1. The Balaban J connectivity index is 2.54. The van der Waals surface area contributed by atoms with Gasteiger partial charge in [0.25, 0.3) is 0 Å². The monoisotopic (exact) mass is 293 g/mol. The van der Waals surface area contributed by atoms with Crippen LogP contribution in [0.3, 0.4) is 0 Å². The van der Waals surface area contributed by atoms with E-state index in [1.807, 2.05) is 6.07 Å². The fourth-order valence-corrected chi connectivity index (χ4v) is 2.46. The molecule has 0 bridgehead atoms. The van der Waals surface area contributed by atoms with Gasteiger partial charge in [0, 0.05) is 25.7 Å². The summed E-state index contributed by atoms with van der Waals surface area (Å²) < 4.78 is 5.33. The van der Waals surface area contributed by atoms with E-state index in [-0.39, 0.29) is 0 Å². The van der Waals surface area contributed by atoms with Crippen molar-refractivity contribution in [1.82, 2.24) is 15.1 Å². The third-order valence-corrected chi connectivity index (χ3v) is 3.94. The Morgan fingerprint density at radius 1 is 1.19 bits per heavy atom. The number of hydrogen-bond donors (Lipinski definition) is 1. The van der Waals surface area contributed by atoms with Crippen molar-refractivity contribution >= 4 is 0 Å². The summed E-state index contributed by atoms with van der Waals surface area (Å²) >= 11 is 0. The molecule has 1 unspecified atom stereocenters. The zero-order valence-electron chi connectivity index (χ0n) is 14.2. The maximum Gasteiger partial charge on any atom is 0.119 e. The highest BCUT2D eigenvalue weighted by atomic mass is 16.5. The first-order valence-electron chi connectivity index (χ1n) is 7.85. The molecule has 1 aromatic rings. The van der Waals surface area contributed by atoms with Crippen molar-refractivity contribution in [2.45, 2.75) is 19.9 Å². The van der Waals surface area contributed by atoms with E-state index in [0.717, 1.165) is 38.5 Å². The van der Waals surface area contributed by atoms with Crippen LogP contribution in [-0.2, 0) is 0 Å². The molecule has 0 aliphatic rings. The lowest BCUT2D eigenvalue weighted by Gasteiger charge is -2.26. The molecule has 0 aliphatic carbocycles. The zero-order valence-corrected chi connectivity index (χ0v) is 14.2. The number of nitrogens with zero attached hydrogens (tertiary/aromatic N) is 2. The number of nitrogens with one attached hydrogen (secondary N) is 1. The second-order valence-corrected chi connectivity index (χ2v) is 5.49. The van der Waals surface area contributed by atoms with Crippen molar-refractivity contribution in [2.24, 2.45) is 0 Å². The molecular formula is C17H31N3O. The standard InChI is InChI=1S/C17H31N3O/c1-6-20(7-2)12-11-18-14-17(19(3)4)15-9-8-10-16(13-15)21-5/h8-10,13,17-18H,6-7,11-12,14H2,1-5H3. The average molecular weight is 293 g/mol. The maximum absolute atomic E-state index is 5.33.